The van der Waals surface area contributed by atoms with Crippen molar-refractivity contribution in [1.29, 1.82) is 0 Å². The average molecular weight is 237 g/mol. The van der Waals surface area contributed by atoms with Gasteiger partial charge in [-0.25, -0.2) is 8.78 Å². The molecule has 3 nitrogen and oxygen atoms in total. The lowest BCUT2D eigenvalue weighted by molar-refractivity contribution is -0.128. The van der Waals surface area contributed by atoms with Crippen molar-refractivity contribution in [2.24, 2.45) is 5.92 Å². The summed E-state index contributed by atoms with van der Waals surface area (Å²) in [7, 11) is 0. The van der Waals surface area contributed by atoms with Crippen LogP contribution in [0, 0.1) is 5.92 Å². The van der Waals surface area contributed by atoms with E-state index in [9.17, 15) is 13.6 Å². The zero-order chi connectivity index (χ0) is 12.6. The van der Waals surface area contributed by atoms with Crippen LogP contribution in [0.1, 0.15) is 39.5 Å². The molecule has 0 aliphatic heterocycles. The Kier molecular flexibility index (Phi) is 7.21. The number of carbonyl (C=O) groups is 1. The van der Waals surface area contributed by atoms with Gasteiger partial charge in [0.25, 0.3) is 5.92 Å². The minimum atomic E-state index is -3.22. The van der Waals surface area contributed by atoms with E-state index in [2.05, 4.69) is 5.32 Å². The summed E-state index contributed by atoms with van der Waals surface area (Å²) in [6.07, 6.45) is 3.14. The Morgan fingerprint density at radius 3 is 2.19 bits per heavy atom. The van der Waals surface area contributed by atoms with Crippen LogP contribution in [0.5, 0.6) is 0 Å². The number of aliphatic hydroxyl groups excluding tert-OH is 1. The third kappa shape index (κ3) is 6.00. The molecule has 0 atom stereocenters. The maximum Gasteiger partial charge on any atom is 0.287 e. The highest BCUT2D eigenvalue weighted by atomic mass is 19.3. The van der Waals surface area contributed by atoms with Crippen molar-refractivity contribution in [3.63, 3.8) is 0 Å². The number of amides is 1. The second-order valence-corrected chi connectivity index (χ2v) is 4.01. The van der Waals surface area contributed by atoms with E-state index >= 15 is 0 Å². The van der Waals surface area contributed by atoms with Crippen LogP contribution in [-0.2, 0) is 4.79 Å². The third-order valence-corrected chi connectivity index (χ3v) is 2.40. The lowest BCUT2D eigenvalue weighted by atomic mass is 9.97. The van der Waals surface area contributed by atoms with Crippen LogP contribution in [0.2, 0.25) is 0 Å². The molecule has 0 aliphatic rings. The van der Waals surface area contributed by atoms with Gasteiger partial charge in [0.2, 0.25) is 5.91 Å². The summed E-state index contributed by atoms with van der Waals surface area (Å²) in [6, 6.07) is 0. The van der Waals surface area contributed by atoms with Crippen molar-refractivity contribution in [1.82, 2.24) is 5.32 Å². The van der Waals surface area contributed by atoms with Gasteiger partial charge in [0.1, 0.15) is 6.61 Å². The van der Waals surface area contributed by atoms with E-state index in [1.807, 2.05) is 13.8 Å². The highest BCUT2D eigenvalue weighted by Crippen LogP contribution is 2.15. The second-order valence-electron chi connectivity index (χ2n) is 4.01. The van der Waals surface area contributed by atoms with Crippen molar-refractivity contribution >= 4 is 5.91 Å². The van der Waals surface area contributed by atoms with Gasteiger partial charge < -0.3 is 10.4 Å². The number of rotatable bonds is 8. The quantitative estimate of drug-likeness (QED) is 0.678. The summed E-state index contributed by atoms with van der Waals surface area (Å²) in [6.45, 7) is 1.89. The molecule has 0 fully saturated rings. The van der Waals surface area contributed by atoms with E-state index in [0.29, 0.717) is 12.8 Å². The van der Waals surface area contributed by atoms with Gasteiger partial charge in [-0.1, -0.05) is 26.7 Å². The first-order valence-corrected chi connectivity index (χ1v) is 5.73. The van der Waals surface area contributed by atoms with Gasteiger partial charge in [-0.2, -0.15) is 0 Å². The van der Waals surface area contributed by atoms with Crippen LogP contribution in [0.25, 0.3) is 0 Å². The molecule has 0 aliphatic carbocycles. The Hall–Kier alpha value is -0.710. The van der Waals surface area contributed by atoms with Crippen LogP contribution < -0.4 is 5.32 Å². The van der Waals surface area contributed by atoms with Crippen molar-refractivity contribution < 1.29 is 18.7 Å². The van der Waals surface area contributed by atoms with Gasteiger partial charge >= 0.3 is 0 Å². The highest BCUT2D eigenvalue weighted by Gasteiger charge is 2.29. The van der Waals surface area contributed by atoms with Gasteiger partial charge in [-0.15, -0.1) is 0 Å². The molecule has 0 saturated heterocycles. The summed E-state index contributed by atoms with van der Waals surface area (Å²) in [4.78, 5) is 11.6. The van der Waals surface area contributed by atoms with E-state index in [-0.39, 0.29) is 11.8 Å². The van der Waals surface area contributed by atoms with Gasteiger partial charge in [-0.3, -0.25) is 4.79 Å². The second kappa shape index (κ2) is 7.54. The van der Waals surface area contributed by atoms with Gasteiger partial charge in [0.15, 0.2) is 0 Å². The molecular formula is C11H21F2NO2. The van der Waals surface area contributed by atoms with Crippen LogP contribution in [-0.4, -0.2) is 30.1 Å². The first-order valence-electron chi connectivity index (χ1n) is 5.73. The molecule has 96 valence electrons. The normalized spacial score (nSPS) is 11.9. The fourth-order valence-electron chi connectivity index (χ4n) is 1.52. The zero-order valence-electron chi connectivity index (χ0n) is 9.93. The Labute approximate surface area is 95.2 Å². The number of alkyl halides is 2. The van der Waals surface area contributed by atoms with E-state index in [1.54, 1.807) is 0 Å². The molecule has 0 saturated carbocycles. The van der Waals surface area contributed by atoms with Crippen LogP contribution in [0.3, 0.4) is 0 Å². The number of nitrogens with one attached hydrogen (secondary N) is 1. The van der Waals surface area contributed by atoms with Gasteiger partial charge in [0, 0.05) is 5.92 Å². The van der Waals surface area contributed by atoms with Crippen molar-refractivity contribution in [3.8, 4) is 0 Å². The Morgan fingerprint density at radius 2 is 1.81 bits per heavy atom. The molecule has 16 heavy (non-hydrogen) atoms. The summed E-state index contributed by atoms with van der Waals surface area (Å²) < 4.78 is 25.4. The molecule has 0 aromatic rings. The predicted molar refractivity (Wildman–Crippen MR) is 58.3 cm³/mol. The van der Waals surface area contributed by atoms with Gasteiger partial charge in [0.05, 0.1) is 6.54 Å². The Balaban J connectivity index is 4.09. The van der Waals surface area contributed by atoms with Crippen LogP contribution in [0.15, 0.2) is 0 Å². The van der Waals surface area contributed by atoms with Gasteiger partial charge in [-0.05, 0) is 12.8 Å². The molecule has 2 N–H and O–H groups in total. The third-order valence-electron chi connectivity index (χ3n) is 2.40. The molecule has 0 aromatic carbocycles. The van der Waals surface area contributed by atoms with E-state index in [4.69, 9.17) is 5.11 Å². The lowest BCUT2D eigenvalue weighted by Crippen LogP contribution is -2.41. The first kappa shape index (κ1) is 15.3. The predicted octanol–water partition coefficient (Wildman–Crippen LogP) is 1.95. The van der Waals surface area contributed by atoms with Crippen molar-refractivity contribution in [2.45, 2.75) is 45.5 Å². The minimum absolute atomic E-state index is 0.190. The molecule has 0 rings (SSSR count). The van der Waals surface area contributed by atoms with Crippen LogP contribution >= 0.6 is 0 Å². The number of aliphatic hydroxyl groups is 1. The standard InChI is InChI=1S/C11H21F2NO2/c1-3-5-9(6-4-2)10(16)14-7-11(12,13)8-15/h9,15H,3-8H2,1-2H3,(H,14,16). The molecule has 0 radical (unpaired) electrons. The maximum atomic E-state index is 12.7. The molecule has 0 bridgehead atoms. The topological polar surface area (TPSA) is 49.3 Å². The van der Waals surface area contributed by atoms with Crippen molar-refractivity contribution in [3.05, 3.63) is 0 Å². The summed E-state index contributed by atoms with van der Waals surface area (Å²) >= 11 is 0. The summed E-state index contributed by atoms with van der Waals surface area (Å²) in [5, 5.41) is 10.5. The number of hydrogen-bond acceptors (Lipinski definition) is 2. The molecule has 0 heterocycles. The average Bonchev–Trinajstić information content (AvgIpc) is 2.26. The van der Waals surface area contributed by atoms with Crippen LogP contribution in [0.4, 0.5) is 8.78 Å². The fraction of sp³-hybridized carbons (Fsp3) is 0.909. The SMILES string of the molecule is CCCC(CCC)C(=O)NCC(F)(F)CO. The van der Waals surface area contributed by atoms with Crippen molar-refractivity contribution in [2.75, 3.05) is 13.2 Å². The maximum absolute atomic E-state index is 12.7. The fourth-order valence-corrected chi connectivity index (χ4v) is 1.52. The first-order chi connectivity index (χ1) is 7.46. The van der Waals surface area contributed by atoms with E-state index in [0.717, 1.165) is 12.8 Å². The number of carbonyl (C=O) groups excluding carboxylic acids is 1. The summed E-state index contributed by atoms with van der Waals surface area (Å²) in [5.41, 5.74) is 0. The number of hydrogen-bond donors (Lipinski definition) is 2. The zero-order valence-corrected chi connectivity index (χ0v) is 9.93. The minimum Gasteiger partial charge on any atom is -0.390 e. The molecule has 0 spiro atoms. The van der Waals surface area contributed by atoms with E-state index in [1.165, 1.54) is 0 Å². The summed E-state index contributed by atoms with van der Waals surface area (Å²) in [5.74, 6) is -3.75. The Morgan fingerprint density at radius 1 is 1.31 bits per heavy atom. The monoisotopic (exact) mass is 237 g/mol. The molecular weight excluding hydrogens is 216 g/mol. The largest absolute Gasteiger partial charge is 0.390 e. The number of halogens is 2. The molecule has 5 heteroatoms. The lowest BCUT2D eigenvalue weighted by Gasteiger charge is -2.18. The molecule has 0 aromatic heterocycles. The smallest absolute Gasteiger partial charge is 0.287 e. The highest BCUT2D eigenvalue weighted by molar-refractivity contribution is 5.78. The molecule has 1 amide bonds. The van der Waals surface area contributed by atoms with E-state index < -0.39 is 19.1 Å². The Bertz CT molecular complexity index is 204. The molecule has 0 unspecified atom stereocenters.